The van der Waals surface area contributed by atoms with Crippen molar-refractivity contribution in [1.82, 2.24) is 25.0 Å². The first-order chi connectivity index (χ1) is 14.6. The molecule has 1 aromatic carbocycles. The Balaban J connectivity index is 1.33. The van der Waals surface area contributed by atoms with E-state index in [-0.39, 0.29) is 18.6 Å². The highest BCUT2D eigenvalue weighted by molar-refractivity contribution is 5.77. The second kappa shape index (κ2) is 9.13. The number of carbonyl (C=O) groups is 1. The quantitative estimate of drug-likeness (QED) is 0.645. The van der Waals surface area contributed by atoms with Crippen LogP contribution in [0.5, 0.6) is 5.75 Å². The lowest BCUT2D eigenvalue weighted by atomic mass is 10.3. The SMILES string of the molecule is Cc1ccc(CN2CCc3nnc([C@H](C)NC(=O)COc4ccccc4)n3CC2)o1. The van der Waals surface area contributed by atoms with Gasteiger partial charge in [-0.15, -0.1) is 10.2 Å². The minimum absolute atomic E-state index is 0.0360. The van der Waals surface area contributed by atoms with Crippen LogP contribution in [-0.2, 0) is 24.3 Å². The van der Waals surface area contributed by atoms with Crippen molar-refractivity contribution in [3.05, 3.63) is 65.6 Å². The Morgan fingerprint density at radius 3 is 2.77 bits per heavy atom. The number of ether oxygens (including phenoxy) is 1. The van der Waals surface area contributed by atoms with Gasteiger partial charge >= 0.3 is 0 Å². The Morgan fingerprint density at radius 1 is 1.17 bits per heavy atom. The Labute approximate surface area is 175 Å². The molecule has 4 rings (SSSR count). The molecule has 0 saturated carbocycles. The van der Waals surface area contributed by atoms with Gasteiger partial charge in [0.25, 0.3) is 5.91 Å². The van der Waals surface area contributed by atoms with Gasteiger partial charge in [0.15, 0.2) is 12.4 Å². The van der Waals surface area contributed by atoms with Crippen molar-refractivity contribution in [2.45, 2.75) is 39.4 Å². The predicted molar refractivity (Wildman–Crippen MR) is 111 cm³/mol. The number of hydrogen-bond acceptors (Lipinski definition) is 6. The highest BCUT2D eigenvalue weighted by Crippen LogP contribution is 2.17. The third-order valence-corrected chi connectivity index (χ3v) is 5.20. The third kappa shape index (κ3) is 4.88. The average molecular weight is 409 g/mol. The van der Waals surface area contributed by atoms with E-state index in [1.165, 1.54) is 0 Å². The molecular weight excluding hydrogens is 382 g/mol. The van der Waals surface area contributed by atoms with E-state index in [4.69, 9.17) is 9.15 Å². The summed E-state index contributed by atoms with van der Waals surface area (Å²) in [4.78, 5) is 14.7. The molecule has 8 nitrogen and oxygen atoms in total. The van der Waals surface area contributed by atoms with Gasteiger partial charge in [0, 0.05) is 26.1 Å². The highest BCUT2D eigenvalue weighted by atomic mass is 16.5. The molecular formula is C22H27N5O3. The van der Waals surface area contributed by atoms with Crippen molar-refractivity contribution in [1.29, 1.82) is 0 Å². The van der Waals surface area contributed by atoms with Crippen LogP contribution in [0.4, 0.5) is 0 Å². The topological polar surface area (TPSA) is 85.4 Å². The average Bonchev–Trinajstić information content (AvgIpc) is 3.29. The van der Waals surface area contributed by atoms with Crippen LogP contribution in [0.1, 0.15) is 36.1 Å². The Hall–Kier alpha value is -3.13. The van der Waals surface area contributed by atoms with Gasteiger partial charge in [0.1, 0.15) is 23.1 Å². The number of aromatic nitrogens is 3. The van der Waals surface area contributed by atoms with E-state index in [2.05, 4.69) is 25.0 Å². The van der Waals surface area contributed by atoms with Crippen molar-refractivity contribution in [2.75, 3.05) is 19.7 Å². The van der Waals surface area contributed by atoms with Gasteiger partial charge in [-0.2, -0.15) is 0 Å². The Morgan fingerprint density at radius 2 is 2.00 bits per heavy atom. The number of para-hydroxylation sites is 1. The molecule has 1 amide bonds. The van der Waals surface area contributed by atoms with Crippen LogP contribution in [0.3, 0.4) is 0 Å². The van der Waals surface area contributed by atoms with Gasteiger partial charge < -0.3 is 19.0 Å². The fraction of sp³-hybridized carbons (Fsp3) is 0.409. The van der Waals surface area contributed by atoms with Crippen LogP contribution in [0.25, 0.3) is 0 Å². The molecule has 3 heterocycles. The Kier molecular flexibility index (Phi) is 6.13. The molecule has 0 saturated heterocycles. The molecule has 1 atom stereocenters. The van der Waals surface area contributed by atoms with E-state index in [0.29, 0.717) is 5.75 Å². The van der Waals surface area contributed by atoms with Crippen molar-refractivity contribution in [3.8, 4) is 5.75 Å². The molecule has 0 spiro atoms. The van der Waals surface area contributed by atoms with E-state index in [1.807, 2.05) is 56.3 Å². The summed E-state index contributed by atoms with van der Waals surface area (Å²) in [5, 5.41) is 11.7. The first-order valence-electron chi connectivity index (χ1n) is 10.3. The number of benzene rings is 1. The van der Waals surface area contributed by atoms with Crippen LogP contribution in [0, 0.1) is 6.92 Å². The van der Waals surface area contributed by atoms with E-state index in [9.17, 15) is 4.79 Å². The molecule has 0 radical (unpaired) electrons. The number of furan rings is 1. The highest BCUT2D eigenvalue weighted by Gasteiger charge is 2.23. The minimum atomic E-state index is -0.252. The Bertz CT molecular complexity index is 982. The first kappa shape index (κ1) is 20.2. The molecule has 1 aliphatic heterocycles. The summed E-state index contributed by atoms with van der Waals surface area (Å²) < 4.78 is 13.4. The minimum Gasteiger partial charge on any atom is -0.484 e. The lowest BCUT2D eigenvalue weighted by molar-refractivity contribution is -0.123. The number of nitrogens with one attached hydrogen (secondary N) is 1. The molecule has 0 unspecified atom stereocenters. The predicted octanol–water partition coefficient (Wildman–Crippen LogP) is 2.49. The molecule has 0 bridgehead atoms. The van der Waals surface area contributed by atoms with Crippen molar-refractivity contribution >= 4 is 5.91 Å². The second-order valence-electron chi connectivity index (χ2n) is 7.56. The van der Waals surface area contributed by atoms with Gasteiger partial charge in [0.2, 0.25) is 0 Å². The first-order valence-corrected chi connectivity index (χ1v) is 10.3. The van der Waals surface area contributed by atoms with E-state index in [0.717, 1.165) is 55.8 Å². The van der Waals surface area contributed by atoms with Crippen LogP contribution in [0.15, 0.2) is 46.9 Å². The van der Waals surface area contributed by atoms with Crippen LogP contribution < -0.4 is 10.1 Å². The van der Waals surface area contributed by atoms with Crippen molar-refractivity contribution < 1.29 is 13.9 Å². The van der Waals surface area contributed by atoms with Crippen LogP contribution in [-0.4, -0.2) is 45.3 Å². The van der Waals surface area contributed by atoms with E-state index < -0.39 is 0 Å². The zero-order valence-corrected chi connectivity index (χ0v) is 17.4. The molecule has 8 heteroatoms. The summed E-state index contributed by atoms with van der Waals surface area (Å²) >= 11 is 0. The van der Waals surface area contributed by atoms with Gasteiger partial charge in [0.05, 0.1) is 12.6 Å². The van der Waals surface area contributed by atoms with Gasteiger partial charge in [-0.25, -0.2) is 0 Å². The lowest BCUT2D eigenvalue weighted by Gasteiger charge is -2.19. The van der Waals surface area contributed by atoms with Gasteiger partial charge in [-0.3, -0.25) is 9.69 Å². The van der Waals surface area contributed by atoms with E-state index in [1.54, 1.807) is 0 Å². The maximum atomic E-state index is 12.3. The fourth-order valence-electron chi connectivity index (χ4n) is 3.67. The fourth-order valence-corrected chi connectivity index (χ4v) is 3.67. The molecule has 30 heavy (non-hydrogen) atoms. The normalized spacial score (nSPS) is 15.3. The molecule has 0 fully saturated rings. The number of hydrogen-bond donors (Lipinski definition) is 1. The van der Waals surface area contributed by atoms with Crippen LogP contribution in [0.2, 0.25) is 0 Å². The van der Waals surface area contributed by atoms with Crippen molar-refractivity contribution in [3.63, 3.8) is 0 Å². The van der Waals surface area contributed by atoms with E-state index >= 15 is 0 Å². The molecule has 1 aliphatic rings. The summed E-state index contributed by atoms with van der Waals surface area (Å²) in [6, 6.07) is 13.1. The number of nitrogens with zero attached hydrogens (tertiary/aromatic N) is 4. The summed E-state index contributed by atoms with van der Waals surface area (Å²) in [5.41, 5.74) is 0. The molecule has 2 aromatic heterocycles. The summed E-state index contributed by atoms with van der Waals surface area (Å²) in [6.07, 6.45) is 0.810. The van der Waals surface area contributed by atoms with Gasteiger partial charge in [-0.05, 0) is 38.1 Å². The zero-order chi connectivity index (χ0) is 20.9. The maximum Gasteiger partial charge on any atom is 0.258 e. The maximum absolute atomic E-state index is 12.3. The number of rotatable bonds is 7. The van der Waals surface area contributed by atoms with Crippen LogP contribution >= 0.6 is 0 Å². The third-order valence-electron chi connectivity index (χ3n) is 5.20. The number of fused-ring (bicyclic) bond motifs is 1. The number of carbonyl (C=O) groups excluding carboxylic acids is 1. The monoisotopic (exact) mass is 409 g/mol. The summed E-state index contributed by atoms with van der Waals surface area (Å²) in [7, 11) is 0. The smallest absolute Gasteiger partial charge is 0.258 e. The standard InChI is InChI=1S/C22H27N5O3/c1-16-8-9-19(30-16)14-26-11-10-20-24-25-22(27(20)13-12-26)17(2)23-21(28)15-29-18-6-4-3-5-7-18/h3-9,17H,10-15H2,1-2H3,(H,23,28)/t17-/m0/s1. The molecule has 1 N–H and O–H groups in total. The second-order valence-corrected chi connectivity index (χ2v) is 7.56. The molecule has 3 aromatic rings. The summed E-state index contributed by atoms with van der Waals surface area (Å²) in [5.74, 6) is 4.11. The number of aryl methyl sites for hydroxylation is 1. The largest absolute Gasteiger partial charge is 0.484 e. The zero-order valence-electron chi connectivity index (χ0n) is 17.4. The molecule has 158 valence electrons. The van der Waals surface area contributed by atoms with Gasteiger partial charge in [-0.1, -0.05) is 18.2 Å². The lowest BCUT2D eigenvalue weighted by Crippen LogP contribution is -2.33. The molecule has 0 aliphatic carbocycles. The number of amides is 1. The van der Waals surface area contributed by atoms with Crippen molar-refractivity contribution in [2.24, 2.45) is 0 Å². The summed E-state index contributed by atoms with van der Waals surface area (Å²) in [6.45, 7) is 7.17.